The van der Waals surface area contributed by atoms with Crippen LogP contribution in [-0.2, 0) is 5.41 Å². The number of halogens is 1. The Labute approximate surface area is 196 Å². The average molecular weight is 462 g/mol. The number of thiocarbonyl (C=S) groups is 1. The van der Waals surface area contributed by atoms with Crippen LogP contribution >= 0.6 is 12.2 Å². The van der Waals surface area contributed by atoms with Crippen LogP contribution < -0.4 is 10.6 Å². The predicted octanol–water partition coefficient (Wildman–Crippen LogP) is 5.29. The predicted molar refractivity (Wildman–Crippen MR) is 132 cm³/mol. The molecule has 2 N–H and O–H groups in total. The summed E-state index contributed by atoms with van der Waals surface area (Å²) in [6, 6.07) is 17.1. The van der Waals surface area contributed by atoms with Crippen LogP contribution in [0.3, 0.4) is 0 Å². The highest BCUT2D eigenvalue weighted by Gasteiger charge is 2.15. The molecular formula is C25H24FN5OS. The number of nitrogens with zero attached hydrogens (tertiary/aromatic N) is 3. The Hall–Kier alpha value is -3.65. The lowest BCUT2D eigenvalue weighted by Crippen LogP contribution is -2.34. The van der Waals surface area contributed by atoms with Gasteiger partial charge in [0, 0.05) is 11.3 Å². The van der Waals surface area contributed by atoms with Gasteiger partial charge >= 0.3 is 0 Å². The van der Waals surface area contributed by atoms with Gasteiger partial charge in [0.15, 0.2) is 5.11 Å². The quantitative estimate of drug-likeness (QED) is 0.406. The lowest BCUT2D eigenvalue weighted by molar-refractivity contribution is 0.0977. The van der Waals surface area contributed by atoms with Crippen LogP contribution in [0.1, 0.15) is 42.3 Å². The standard InChI is InChI=1S/C25H24FN5OS/c1-15-13-21-22(30-31(29-21)19-11-9-18(26)10-12-19)14-20(15)27-24(33)28-23(32)16-5-7-17(8-6-16)25(2,3)4/h5-14H,1-4H3,(H2,27,28,32,33). The van der Waals surface area contributed by atoms with Crippen molar-refractivity contribution in [2.24, 2.45) is 0 Å². The molecule has 0 fully saturated rings. The van der Waals surface area contributed by atoms with E-state index in [1.165, 1.54) is 16.9 Å². The number of benzene rings is 3. The number of hydrogen-bond acceptors (Lipinski definition) is 4. The Bertz CT molecular complexity index is 1340. The third kappa shape index (κ3) is 5.06. The van der Waals surface area contributed by atoms with Crippen molar-refractivity contribution in [2.45, 2.75) is 33.1 Å². The summed E-state index contributed by atoms with van der Waals surface area (Å²) < 4.78 is 13.2. The largest absolute Gasteiger partial charge is 0.332 e. The molecule has 0 unspecified atom stereocenters. The van der Waals surface area contributed by atoms with Crippen molar-refractivity contribution < 1.29 is 9.18 Å². The molecule has 0 aliphatic heterocycles. The van der Waals surface area contributed by atoms with E-state index in [9.17, 15) is 9.18 Å². The summed E-state index contributed by atoms with van der Waals surface area (Å²) in [6.07, 6.45) is 0. The number of hydrogen-bond donors (Lipinski definition) is 2. The maximum Gasteiger partial charge on any atom is 0.257 e. The van der Waals surface area contributed by atoms with Gasteiger partial charge in [0.05, 0.1) is 5.69 Å². The van der Waals surface area contributed by atoms with E-state index in [1.54, 1.807) is 24.3 Å². The van der Waals surface area contributed by atoms with Crippen LogP contribution in [-0.4, -0.2) is 26.0 Å². The molecule has 0 saturated heterocycles. The molecule has 0 bridgehead atoms. The molecule has 8 heteroatoms. The van der Waals surface area contributed by atoms with Gasteiger partial charge in [-0.2, -0.15) is 4.80 Å². The molecule has 0 saturated carbocycles. The second-order valence-electron chi connectivity index (χ2n) is 8.86. The van der Waals surface area contributed by atoms with Gasteiger partial charge in [0.25, 0.3) is 5.91 Å². The first kappa shape index (κ1) is 22.5. The molecule has 0 atom stereocenters. The average Bonchev–Trinajstić information content (AvgIpc) is 3.16. The van der Waals surface area contributed by atoms with E-state index in [2.05, 4.69) is 41.6 Å². The van der Waals surface area contributed by atoms with E-state index in [-0.39, 0.29) is 22.3 Å². The van der Waals surface area contributed by atoms with Crippen LogP contribution in [0.2, 0.25) is 0 Å². The second-order valence-corrected chi connectivity index (χ2v) is 9.27. The van der Waals surface area contributed by atoms with Crippen molar-refractivity contribution in [1.82, 2.24) is 20.3 Å². The molecule has 3 aromatic carbocycles. The Morgan fingerprint density at radius 3 is 2.18 bits per heavy atom. The summed E-state index contributed by atoms with van der Waals surface area (Å²) in [5.74, 6) is -0.604. The summed E-state index contributed by atoms with van der Waals surface area (Å²) in [5, 5.41) is 14.9. The highest BCUT2D eigenvalue weighted by atomic mass is 32.1. The molecule has 0 aliphatic rings. The Morgan fingerprint density at radius 1 is 0.970 bits per heavy atom. The smallest absolute Gasteiger partial charge is 0.257 e. The minimum Gasteiger partial charge on any atom is -0.332 e. The van der Waals surface area contributed by atoms with Crippen LogP contribution in [0.5, 0.6) is 0 Å². The number of rotatable bonds is 3. The number of fused-ring (bicyclic) bond motifs is 1. The van der Waals surface area contributed by atoms with Crippen LogP contribution in [0.25, 0.3) is 16.7 Å². The molecule has 1 aromatic heterocycles. The van der Waals surface area contributed by atoms with Crippen molar-refractivity contribution in [3.05, 3.63) is 83.2 Å². The fourth-order valence-corrected chi connectivity index (χ4v) is 3.55. The maximum atomic E-state index is 13.2. The number of nitrogens with one attached hydrogen (secondary N) is 2. The van der Waals surface area contributed by atoms with Crippen molar-refractivity contribution in [3.63, 3.8) is 0 Å². The van der Waals surface area contributed by atoms with E-state index < -0.39 is 0 Å². The SMILES string of the molecule is Cc1cc2nn(-c3ccc(F)cc3)nc2cc1NC(=S)NC(=O)c1ccc(C(C)(C)C)cc1. The lowest BCUT2D eigenvalue weighted by atomic mass is 9.87. The highest BCUT2D eigenvalue weighted by Crippen LogP contribution is 2.23. The van der Waals surface area contributed by atoms with Gasteiger partial charge in [-0.1, -0.05) is 32.9 Å². The van der Waals surface area contributed by atoms with E-state index in [0.29, 0.717) is 28.0 Å². The number of carbonyl (C=O) groups is 1. The number of amides is 1. The zero-order valence-corrected chi connectivity index (χ0v) is 19.6. The minimum absolute atomic E-state index is 0.0145. The first-order chi connectivity index (χ1) is 15.6. The third-order valence-corrected chi connectivity index (χ3v) is 5.48. The molecule has 6 nitrogen and oxygen atoms in total. The Kier molecular flexibility index (Phi) is 5.95. The minimum atomic E-state index is -0.321. The van der Waals surface area contributed by atoms with Crippen LogP contribution in [0.15, 0.2) is 60.7 Å². The second kappa shape index (κ2) is 8.71. The molecule has 4 rings (SSSR count). The van der Waals surface area contributed by atoms with Gasteiger partial charge in [-0.05, 0) is 84.2 Å². The summed E-state index contributed by atoms with van der Waals surface area (Å²) in [5.41, 5.74) is 5.27. The van der Waals surface area contributed by atoms with Crippen molar-refractivity contribution >= 4 is 40.0 Å². The zero-order valence-electron chi connectivity index (χ0n) is 18.8. The molecule has 1 amide bonds. The number of anilines is 1. The van der Waals surface area contributed by atoms with Gasteiger partial charge in [0.2, 0.25) is 0 Å². The number of carbonyl (C=O) groups excluding carboxylic acids is 1. The van der Waals surface area contributed by atoms with Crippen molar-refractivity contribution in [1.29, 1.82) is 0 Å². The molecule has 0 spiro atoms. The molecule has 168 valence electrons. The van der Waals surface area contributed by atoms with E-state index in [1.807, 2.05) is 31.2 Å². The van der Waals surface area contributed by atoms with Crippen molar-refractivity contribution in [3.8, 4) is 5.69 Å². The highest BCUT2D eigenvalue weighted by molar-refractivity contribution is 7.80. The van der Waals surface area contributed by atoms with Crippen LogP contribution in [0, 0.1) is 12.7 Å². The molecule has 0 aliphatic carbocycles. The molecular weight excluding hydrogens is 437 g/mol. The van der Waals surface area contributed by atoms with Crippen LogP contribution in [0.4, 0.5) is 10.1 Å². The topological polar surface area (TPSA) is 71.8 Å². The molecule has 0 radical (unpaired) electrons. The first-order valence-electron chi connectivity index (χ1n) is 10.5. The molecule has 1 heterocycles. The maximum absolute atomic E-state index is 13.2. The van der Waals surface area contributed by atoms with E-state index >= 15 is 0 Å². The summed E-state index contributed by atoms with van der Waals surface area (Å²) >= 11 is 5.35. The normalized spacial score (nSPS) is 11.4. The zero-order chi connectivity index (χ0) is 23.8. The number of aryl methyl sites for hydroxylation is 1. The fraction of sp³-hybridized carbons (Fsp3) is 0.200. The van der Waals surface area contributed by atoms with Gasteiger partial charge in [-0.3, -0.25) is 10.1 Å². The monoisotopic (exact) mass is 461 g/mol. The van der Waals surface area contributed by atoms with Gasteiger partial charge < -0.3 is 5.32 Å². The molecule has 4 aromatic rings. The Balaban J connectivity index is 1.48. The number of aromatic nitrogens is 3. The third-order valence-electron chi connectivity index (χ3n) is 5.27. The first-order valence-corrected chi connectivity index (χ1v) is 10.9. The Morgan fingerprint density at radius 2 is 1.58 bits per heavy atom. The van der Waals surface area contributed by atoms with Gasteiger partial charge in [0.1, 0.15) is 16.9 Å². The van der Waals surface area contributed by atoms with Gasteiger partial charge in [-0.15, -0.1) is 10.2 Å². The van der Waals surface area contributed by atoms with E-state index in [4.69, 9.17) is 12.2 Å². The lowest BCUT2D eigenvalue weighted by Gasteiger charge is -2.19. The van der Waals surface area contributed by atoms with E-state index in [0.717, 1.165) is 11.1 Å². The molecule has 33 heavy (non-hydrogen) atoms. The summed E-state index contributed by atoms with van der Waals surface area (Å²) in [4.78, 5) is 14.0. The van der Waals surface area contributed by atoms with Gasteiger partial charge in [-0.25, -0.2) is 4.39 Å². The summed E-state index contributed by atoms with van der Waals surface area (Å²) in [7, 11) is 0. The van der Waals surface area contributed by atoms with Crippen molar-refractivity contribution in [2.75, 3.05) is 5.32 Å². The fourth-order valence-electron chi connectivity index (χ4n) is 3.34. The summed E-state index contributed by atoms with van der Waals surface area (Å²) in [6.45, 7) is 8.28.